The molecule has 4 rings (SSSR count). The van der Waals surface area contributed by atoms with Gasteiger partial charge in [-0.3, -0.25) is 0 Å². The lowest BCUT2D eigenvalue weighted by Gasteiger charge is -2.35. The molecule has 3 aliphatic heterocycles. The summed E-state index contributed by atoms with van der Waals surface area (Å²) in [7, 11) is 0. The van der Waals surface area contributed by atoms with E-state index in [4.69, 9.17) is 18.9 Å². The molecule has 4 nitrogen and oxygen atoms in total. The molecule has 0 aliphatic carbocycles. The van der Waals surface area contributed by atoms with E-state index in [-0.39, 0.29) is 17.8 Å². The highest BCUT2D eigenvalue weighted by Crippen LogP contribution is 2.46. The maximum atomic E-state index is 14.0. The summed E-state index contributed by atoms with van der Waals surface area (Å²) in [6, 6.07) is 6.47. The quantitative estimate of drug-likeness (QED) is 0.799. The summed E-state index contributed by atoms with van der Waals surface area (Å²) in [6.07, 6.45) is -1.50. The van der Waals surface area contributed by atoms with Gasteiger partial charge in [0, 0.05) is 5.56 Å². The minimum absolute atomic E-state index is 0.0106. The Morgan fingerprint density at radius 3 is 2.64 bits per heavy atom. The van der Waals surface area contributed by atoms with Gasteiger partial charge in [-0.1, -0.05) is 24.3 Å². The van der Waals surface area contributed by atoms with E-state index in [2.05, 4.69) is 0 Å². The van der Waals surface area contributed by atoms with Gasteiger partial charge < -0.3 is 18.9 Å². The van der Waals surface area contributed by atoms with Crippen molar-refractivity contribution in [2.75, 3.05) is 13.2 Å². The second-order valence-corrected chi connectivity index (χ2v) is 6.46. The van der Waals surface area contributed by atoms with Crippen LogP contribution >= 0.6 is 0 Å². The fourth-order valence-corrected chi connectivity index (χ4v) is 3.54. The first-order valence-corrected chi connectivity index (χ1v) is 7.43. The largest absolute Gasteiger partial charge is 0.370 e. The van der Waals surface area contributed by atoms with Gasteiger partial charge in [0.2, 0.25) is 0 Å². The monoisotopic (exact) mass is 312 g/mol. The van der Waals surface area contributed by atoms with Gasteiger partial charge in [-0.15, -0.1) is 0 Å². The first-order chi connectivity index (χ1) is 10.4. The SMILES string of the molecule is CC1(C)OC2COC(C3OCC(F)(F)c4ccccc43)C2O1. The molecule has 2 fully saturated rings. The van der Waals surface area contributed by atoms with E-state index in [1.807, 2.05) is 13.8 Å². The highest BCUT2D eigenvalue weighted by atomic mass is 19.3. The van der Waals surface area contributed by atoms with Gasteiger partial charge in [0.25, 0.3) is 5.92 Å². The fraction of sp³-hybridized carbons (Fsp3) is 0.625. The zero-order chi connectivity index (χ0) is 15.5. The summed E-state index contributed by atoms with van der Waals surface area (Å²) in [5, 5.41) is 0. The summed E-state index contributed by atoms with van der Waals surface area (Å²) < 4.78 is 50.9. The number of hydrogen-bond donors (Lipinski definition) is 0. The van der Waals surface area contributed by atoms with Crippen molar-refractivity contribution in [3.63, 3.8) is 0 Å². The van der Waals surface area contributed by atoms with Crippen LogP contribution in [-0.2, 0) is 24.9 Å². The maximum absolute atomic E-state index is 14.0. The average Bonchev–Trinajstić information content (AvgIpc) is 2.95. The van der Waals surface area contributed by atoms with Gasteiger partial charge in [0.1, 0.15) is 31.0 Å². The van der Waals surface area contributed by atoms with Crippen LogP contribution < -0.4 is 0 Å². The second-order valence-electron chi connectivity index (χ2n) is 6.46. The Kier molecular flexibility index (Phi) is 3.10. The number of alkyl halides is 2. The van der Waals surface area contributed by atoms with Crippen LogP contribution in [0.25, 0.3) is 0 Å². The standard InChI is InChI=1S/C16H18F2O4/c1-15(2)21-11-7-19-14(13(11)22-15)12-9-5-3-4-6-10(9)16(17,18)8-20-12/h3-6,11-14H,7-8H2,1-2H3. The van der Waals surface area contributed by atoms with Gasteiger partial charge in [-0.05, 0) is 19.4 Å². The molecule has 22 heavy (non-hydrogen) atoms. The van der Waals surface area contributed by atoms with Crippen molar-refractivity contribution >= 4 is 0 Å². The Balaban J connectivity index is 1.67. The molecule has 4 atom stereocenters. The highest BCUT2D eigenvalue weighted by molar-refractivity contribution is 5.35. The summed E-state index contributed by atoms with van der Waals surface area (Å²) in [5.41, 5.74) is 0.481. The van der Waals surface area contributed by atoms with E-state index in [9.17, 15) is 8.78 Å². The number of rotatable bonds is 1. The Hall–Kier alpha value is -1.08. The molecular formula is C16H18F2O4. The van der Waals surface area contributed by atoms with Crippen LogP contribution in [0.4, 0.5) is 8.78 Å². The van der Waals surface area contributed by atoms with Gasteiger partial charge >= 0.3 is 0 Å². The molecule has 120 valence electrons. The zero-order valence-corrected chi connectivity index (χ0v) is 12.4. The number of ether oxygens (including phenoxy) is 4. The molecule has 3 aliphatic rings. The van der Waals surface area contributed by atoms with Crippen molar-refractivity contribution < 1.29 is 27.7 Å². The summed E-state index contributed by atoms with van der Waals surface area (Å²) in [4.78, 5) is 0. The second kappa shape index (κ2) is 4.71. The lowest BCUT2D eigenvalue weighted by atomic mass is 9.90. The summed E-state index contributed by atoms with van der Waals surface area (Å²) in [5.74, 6) is -3.66. The number of benzene rings is 1. The van der Waals surface area contributed by atoms with Crippen LogP contribution in [0, 0.1) is 0 Å². The van der Waals surface area contributed by atoms with E-state index in [1.165, 1.54) is 6.07 Å². The predicted molar refractivity (Wildman–Crippen MR) is 72.6 cm³/mol. The van der Waals surface area contributed by atoms with Crippen molar-refractivity contribution in [2.45, 2.75) is 50.0 Å². The number of halogens is 2. The molecule has 0 aromatic heterocycles. The molecule has 0 spiro atoms. The van der Waals surface area contributed by atoms with Crippen LogP contribution in [0.1, 0.15) is 31.1 Å². The number of fused-ring (bicyclic) bond motifs is 2. The smallest absolute Gasteiger partial charge is 0.296 e. The highest BCUT2D eigenvalue weighted by Gasteiger charge is 2.55. The Labute approximate surface area is 127 Å². The fourth-order valence-electron chi connectivity index (χ4n) is 3.54. The molecule has 1 aromatic carbocycles. The Morgan fingerprint density at radius 2 is 1.82 bits per heavy atom. The van der Waals surface area contributed by atoms with Crippen molar-refractivity contribution in [2.24, 2.45) is 0 Å². The van der Waals surface area contributed by atoms with E-state index >= 15 is 0 Å². The summed E-state index contributed by atoms with van der Waals surface area (Å²) >= 11 is 0. The average molecular weight is 312 g/mol. The van der Waals surface area contributed by atoms with E-state index in [1.54, 1.807) is 18.2 Å². The van der Waals surface area contributed by atoms with Crippen molar-refractivity contribution in [1.82, 2.24) is 0 Å². The molecule has 0 amide bonds. The maximum Gasteiger partial charge on any atom is 0.296 e. The van der Waals surface area contributed by atoms with Gasteiger partial charge in [-0.25, -0.2) is 0 Å². The first-order valence-electron chi connectivity index (χ1n) is 7.43. The zero-order valence-electron chi connectivity index (χ0n) is 12.4. The van der Waals surface area contributed by atoms with Crippen molar-refractivity contribution in [1.29, 1.82) is 0 Å². The first kappa shape index (κ1) is 14.5. The minimum Gasteiger partial charge on any atom is -0.370 e. The normalized spacial score (nSPS) is 38.5. The molecule has 4 unspecified atom stereocenters. The van der Waals surface area contributed by atoms with E-state index in [0.717, 1.165) is 0 Å². The third-order valence-electron chi connectivity index (χ3n) is 4.40. The molecule has 3 heterocycles. The van der Waals surface area contributed by atoms with Crippen LogP contribution in [0.5, 0.6) is 0 Å². The lowest BCUT2D eigenvalue weighted by molar-refractivity contribution is -0.202. The summed E-state index contributed by atoms with van der Waals surface area (Å²) in [6.45, 7) is 3.42. The van der Waals surface area contributed by atoms with E-state index in [0.29, 0.717) is 12.2 Å². The lowest BCUT2D eigenvalue weighted by Crippen LogP contribution is -2.40. The molecular weight excluding hydrogens is 294 g/mol. The van der Waals surface area contributed by atoms with Crippen LogP contribution in [0.15, 0.2) is 24.3 Å². The predicted octanol–water partition coefficient (Wildman–Crippen LogP) is 2.77. The van der Waals surface area contributed by atoms with Gasteiger partial charge in [0.05, 0.1) is 6.61 Å². The van der Waals surface area contributed by atoms with Crippen molar-refractivity contribution in [3.05, 3.63) is 35.4 Å². The Morgan fingerprint density at radius 1 is 1.05 bits per heavy atom. The number of hydrogen-bond acceptors (Lipinski definition) is 4. The van der Waals surface area contributed by atoms with Crippen LogP contribution in [0.3, 0.4) is 0 Å². The molecule has 6 heteroatoms. The molecule has 2 saturated heterocycles. The molecule has 0 radical (unpaired) electrons. The third-order valence-corrected chi connectivity index (χ3v) is 4.40. The van der Waals surface area contributed by atoms with Gasteiger partial charge in [-0.2, -0.15) is 8.78 Å². The molecule has 0 N–H and O–H groups in total. The van der Waals surface area contributed by atoms with E-state index < -0.39 is 30.5 Å². The van der Waals surface area contributed by atoms with Crippen molar-refractivity contribution in [3.8, 4) is 0 Å². The molecule has 0 saturated carbocycles. The topological polar surface area (TPSA) is 36.9 Å². The third kappa shape index (κ3) is 2.17. The van der Waals surface area contributed by atoms with Crippen LogP contribution in [0.2, 0.25) is 0 Å². The van der Waals surface area contributed by atoms with Crippen LogP contribution in [-0.4, -0.2) is 37.3 Å². The van der Waals surface area contributed by atoms with Gasteiger partial charge in [0.15, 0.2) is 5.79 Å². The minimum atomic E-state index is -2.97. The molecule has 1 aromatic rings. The molecule has 0 bridgehead atoms. The Bertz CT molecular complexity index is 589.